The van der Waals surface area contributed by atoms with Crippen LogP contribution in [0.15, 0.2) is 54.6 Å². The van der Waals surface area contributed by atoms with Gasteiger partial charge in [0.1, 0.15) is 5.75 Å². The maximum Gasteiger partial charge on any atom is 0.152 e. The Bertz CT molecular complexity index is 603. The molecule has 2 aromatic carbocycles. The summed E-state index contributed by atoms with van der Waals surface area (Å²) in [6.45, 7) is 4.40. The van der Waals surface area contributed by atoms with Crippen molar-refractivity contribution in [3.8, 4) is 5.75 Å². The predicted octanol–water partition coefficient (Wildman–Crippen LogP) is 4.68. The van der Waals surface area contributed by atoms with E-state index in [4.69, 9.17) is 4.74 Å². The summed E-state index contributed by atoms with van der Waals surface area (Å²) in [4.78, 5) is 2.39. The molecule has 3 rings (SSSR count). The van der Waals surface area contributed by atoms with E-state index in [2.05, 4.69) is 72.5 Å². The number of benzene rings is 2. The molecule has 1 unspecified atom stereocenters. The minimum Gasteiger partial charge on any atom is -0.475 e. The first-order valence-corrected chi connectivity index (χ1v) is 8.09. The zero-order chi connectivity index (χ0) is 15.2. The van der Waals surface area contributed by atoms with E-state index in [1.165, 1.54) is 17.5 Å². The third-order valence-electron chi connectivity index (χ3n) is 4.13. The minimum absolute atomic E-state index is 0.246. The van der Waals surface area contributed by atoms with Gasteiger partial charge in [0.25, 0.3) is 0 Å². The molecule has 0 amide bonds. The number of rotatable bonds is 5. The summed E-state index contributed by atoms with van der Waals surface area (Å²) in [6, 6.07) is 18.7. The lowest BCUT2D eigenvalue weighted by molar-refractivity contribution is 0.0650. The van der Waals surface area contributed by atoms with Gasteiger partial charge in [0.2, 0.25) is 0 Å². The molecule has 1 atom stereocenters. The number of likely N-dealkylation sites (tertiary alicyclic amines) is 1. The smallest absolute Gasteiger partial charge is 0.152 e. The second-order valence-electron chi connectivity index (χ2n) is 5.66. The lowest BCUT2D eigenvalue weighted by Crippen LogP contribution is -2.33. The van der Waals surface area contributed by atoms with Gasteiger partial charge in [-0.25, -0.2) is 0 Å². The molecule has 0 saturated carbocycles. The number of hydrogen-bond donors (Lipinski definition) is 0. The third-order valence-corrected chi connectivity index (χ3v) is 4.13. The fourth-order valence-corrected chi connectivity index (χ4v) is 2.86. The van der Waals surface area contributed by atoms with Crippen molar-refractivity contribution < 1.29 is 4.74 Å². The van der Waals surface area contributed by atoms with Crippen LogP contribution in [0, 0.1) is 0 Å². The summed E-state index contributed by atoms with van der Waals surface area (Å²) in [6.07, 6.45) is 6.87. The number of ether oxygens (including phenoxy) is 1. The average molecular weight is 293 g/mol. The van der Waals surface area contributed by atoms with Crippen LogP contribution in [-0.4, -0.2) is 24.2 Å². The quantitative estimate of drug-likeness (QED) is 0.742. The first kappa shape index (κ1) is 14.9. The highest BCUT2D eigenvalue weighted by molar-refractivity contribution is 5.69. The standard InChI is InChI=1S/C20H23NO/c1-2-21-16-6-9-20(21)22-19-14-12-18(13-15-19)11-10-17-7-4-3-5-8-17/h3-5,7-8,10-15,20H,2,6,9,16H2,1H3. The molecule has 22 heavy (non-hydrogen) atoms. The van der Waals surface area contributed by atoms with Crippen molar-refractivity contribution >= 4 is 12.2 Å². The molecule has 1 aliphatic heterocycles. The zero-order valence-corrected chi connectivity index (χ0v) is 13.1. The summed E-state index contributed by atoms with van der Waals surface area (Å²) in [5.41, 5.74) is 2.40. The van der Waals surface area contributed by atoms with Crippen molar-refractivity contribution in [2.75, 3.05) is 13.1 Å². The van der Waals surface area contributed by atoms with Crippen molar-refractivity contribution in [3.63, 3.8) is 0 Å². The molecule has 0 aliphatic carbocycles. The van der Waals surface area contributed by atoms with Crippen LogP contribution >= 0.6 is 0 Å². The maximum atomic E-state index is 6.10. The molecule has 2 aromatic rings. The van der Waals surface area contributed by atoms with Crippen LogP contribution in [0.4, 0.5) is 0 Å². The van der Waals surface area contributed by atoms with Crippen LogP contribution in [0.5, 0.6) is 5.75 Å². The Kier molecular flexibility index (Phi) is 4.92. The molecule has 114 valence electrons. The topological polar surface area (TPSA) is 12.5 Å². The summed E-state index contributed by atoms with van der Waals surface area (Å²) in [5, 5.41) is 0. The lowest BCUT2D eigenvalue weighted by atomic mass is 10.1. The molecule has 0 radical (unpaired) electrons. The molecule has 0 bridgehead atoms. The van der Waals surface area contributed by atoms with Gasteiger partial charge >= 0.3 is 0 Å². The van der Waals surface area contributed by atoms with Gasteiger partial charge in [0, 0.05) is 6.54 Å². The Morgan fingerprint density at radius 2 is 1.68 bits per heavy atom. The van der Waals surface area contributed by atoms with Gasteiger partial charge in [0.05, 0.1) is 0 Å². The largest absolute Gasteiger partial charge is 0.475 e. The van der Waals surface area contributed by atoms with Gasteiger partial charge in [-0.05, 0) is 42.6 Å². The Hall–Kier alpha value is -2.06. The van der Waals surface area contributed by atoms with Crippen LogP contribution in [0.1, 0.15) is 30.9 Å². The van der Waals surface area contributed by atoms with E-state index in [9.17, 15) is 0 Å². The van der Waals surface area contributed by atoms with Gasteiger partial charge in [0.15, 0.2) is 6.23 Å². The monoisotopic (exact) mass is 293 g/mol. The molecule has 1 aliphatic rings. The fraction of sp³-hybridized carbons (Fsp3) is 0.300. The second-order valence-corrected chi connectivity index (χ2v) is 5.66. The third kappa shape index (κ3) is 3.77. The van der Waals surface area contributed by atoms with E-state index in [1.54, 1.807) is 0 Å². The van der Waals surface area contributed by atoms with Crippen molar-refractivity contribution in [3.05, 3.63) is 65.7 Å². The molecule has 2 heteroatoms. The summed E-state index contributed by atoms with van der Waals surface area (Å²) in [5.74, 6) is 0.960. The Morgan fingerprint density at radius 3 is 2.36 bits per heavy atom. The van der Waals surface area contributed by atoms with Crippen molar-refractivity contribution in [1.82, 2.24) is 4.90 Å². The van der Waals surface area contributed by atoms with Crippen molar-refractivity contribution in [2.45, 2.75) is 26.0 Å². The highest BCUT2D eigenvalue weighted by Crippen LogP contribution is 2.22. The summed E-state index contributed by atoms with van der Waals surface area (Å²) < 4.78 is 6.10. The van der Waals surface area contributed by atoms with E-state index in [0.29, 0.717) is 0 Å². The SMILES string of the molecule is CCN1CCCC1Oc1ccc(C=Cc2ccccc2)cc1. The highest BCUT2D eigenvalue weighted by atomic mass is 16.5. The highest BCUT2D eigenvalue weighted by Gasteiger charge is 2.24. The van der Waals surface area contributed by atoms with Gasteiger partial charge < -0.3 is 4.74 Å². The van der Waals surface area contributed by atoms with Crippen molar-refractivity contribution in [1.29, 1.82) is 0 Å². The van der Waals surface area contributed by atoms with E-state index < -0.39 is 0 Å². The number of nitrogens with zero attached hydrogens (tertiary/aromatic N) is 1. The van der Waals surface area contributed by atoms with Crippen molar-refractivity contribution in [2.24, 2.45) is 0 Å². The normalized spacial score (nSPS) is 18.9. The zero-order valence-electron chi connectivity index (χ0n) is 13.1. The molecule has 0 spiro atoms. The van der Waals surface area contributed by atoms with Crippen LogP contribution in [0.25, 0.3) is 12.2 Å². The van der Waals surface area contributed by atoms with Gasteiger partial charge in [-0.15, -0.1) is 0 Å². The van der Waals surface area contributed by atoms with Crippen LogP contribution in [-0.2, 0) is 0 Å². The second kappa shape index (κ2) is 7.28. The van der Waals surface area contributed by atoms with Crippen LogP contribution < -0.4 is 4.74 Å². The molecule has 0 N–H and O–H groups in total. The van der Waals surface area contributed by atoms with Crippen LogP contribution in [0.3, 0.4) is 0 Å². The van der Waals surface area contributed by atoms with E-state index in [1.807, 2.05) is 6.07 Å². The number of hydrogen-bond acceptors (Lipinski definition) is 2. The first-order valence-electron chi connectivity index (χ1n) is 8.09. The molecular weight excluding hydrogens is 270 g/mol. The molecule has 1 heterocycles. The molecule has 1 saturated heterocycles. The minimum atomic E-state index is 0.246. The molecule has 1 fully saturated rings. The lowest BCUT2D eigenvalue weighted by Gasteiger charge is -2.23. The van der Waals surface area contributed by atoms with E-state index in [-0.39, 0.29) is 6.23 Å². The average Bonchev–Trinajstić information content (AvgIpc) is 3.02. The Labute approximate surface area is 133 Å². The first-order chi connectivity index (χ1) is 10.8. The van der Waals surface area contributed by atoms with Gasteiger partial charge in [-0.2, -0.15) is 0 Å². The molecule has 2 nitrogen and oxygen atoms in total. The van der Waals surface area contributed by atoms with Gasteiger partial charge in [-0.1, -0.05) is 61.5 Å². The Morgan fingerprint density at radius 1 is 1.00 bits per heavy atom. The fourth-order valence-electron chi connectivity index (χ4n) is 2.86. The summed E-state index contributed by atoms with van der Waals surface area (Å²) >= 11 is 0. The van der Waals surface area contributed by atoms with Crippen LogP contribution in [0.2, 0.25) is 0 Å². The maximum absolute atomic E-state index is 6.10. The van der Waals surface area contributed by atoms with E-state index >= 15 is 0 Å². The predicted molar refractivity (Wildman–Crippen MR) is 92.7 cm³/mol. The van der Waals surface area contributed by atoms with E-state index in [0.717, 1.165) is 25.3 Å². The molecule has 0 aromatic heterocycles. The summed E-state index contributed by atoms with van der Waals surface area (Å²) in [7, 11) is 0. The van der Waals surface area contributed by atoms with Gasteiger partial charge in [-0.3, -0.25) is 4.90 Å². The molecular formula is C20H23NO. The Balaban J connectivity index is 1.62.